The Morgan fingerprint density at radius 2 is 1.70 bits per heavy atom. The molecule has 0 unspecified atom stereocenters. The fourth-order valence-electron chi connectivity index (χ4n) is 5.15. The molecular formula is C29H34N6O4S. The summed E-state index contributed by atoms with van der Waals surface area (Å²) in [6, 6.07) is 16.5. The Kier molecular flexibility index (Phi) is 7.43. The molecule has 2 aliphatic heterocycles. The van der Waals surface area contributed by atoms with E-state index in [-0.39, 0.29) is 23.0 Å². The number of anilines is 2. The van der Waals surface area contributed by atoms with Crippen LogP contribution in [0.1, 0.15) is 32.6 Å². The van der Waals surface area contributed by atoms with E-state index in [0.29, 0.717) is 61.4 Å². The molecule has 0 spiro atoms. The monoisotopic (exact) mass is 562 g/mol. The van der Waals surface area contributed by atoms with Gasteiger partial charge in [0.2, 0.25) is 16.0 Å². The fourth-order valence-corrected chi connectivity index (χ4v) is 6.87. The Hall–Kier alpha value is -3.54. The lowest BCUT2D eigenvalue weighted by Gasteiger charge is -2.33. The van der Waals surface area contributed by atoms with Crippen molar-refractivity contribution in [3.05, 3.63) is 54.6 Å². The zero-order valence-electron chi connectivity index (χ0n) is 22.5. The highest BCUT2D eigenvalue weighted by atomic mass is 32.2. The van der Waals surface area contributed by atoms with E-state index < -0.39 is 10.0 Å². The first kappa shape index (κ1) is 26.7. The number of nitrogens with zero attached hydrogens (tertiary/aromatic N) is 4. The Labute approximate surface area is 234 Å². The number of hydrogen-bond acceptors (Lipinski definition) is 7. The molecule has 10 nitrogen and oxygen atoms in total. The smallest absolute Gasteiger partial charge is 0.319 e. The van der Waals surface area contributed by atoms with Gasteiger partial charge >= 0.3 is 6.03 Å². The van der Waals surface area contributed by atoms with Gasteiger partial charge in [-0.05, 0) is 56.9 Å². The van der Waals surface area contributed by atoms with Gasteiger partial charge in [0.15, 0.2) is 0 Å². The van der Waals surface area contributed by atoms with Crippen LogP contribution < -0.4 is 15.5 Å². The van der Waals surface area contributed by atoms with Crippen molar-refractivity contribution in [2.75, 3.05) is 43.1 Å². The number of amides is 2. The Balaban J connectivity index is 1.39. The number of rotatable bonds is 7. The van der Waals surface area contributed by atoms with Gasteiger partial charge in [-0.2, -0.15) is 4.31 Å². The van der Waals surface area contributed by atoms with Crippen LogP contribution in [0, 0.1) is 0 Å². The van der Waals surface area contributed by atoms with Crippen LogP contribution in [-0.4, -0.2) is 73.7 Å². The summed E-state index contributed by atoms with van der Waals surface area (Å²) >= 11 is 0. The van der Waals surface area contributed by atoms with Crippen LogP contribution in [0.15, 0.2) is 59.5 Å². The van der Waals surface area contributed by atoms with E-state index in [0.717, 1.165) is 31.2 Å². The van der Waals surface area contributed by atoms with E-state index in [2.05, 4.69) is 22.5 Å². The topological polar surface area (TPSA) is 117 Å². The minimum Gasteiger partial charge on any atom is -0.377 e. The molecule has 3 heterocycles. The van der Waals surface area contributed by atoms with Gasteiger partial charge in [0.1, 0.15) is 0 Å². The first-order valence-electron chi connectivity index (χ1n) is 13.9. The molecule has 40 heavy (non-hydrogen) atoms. The lowest BCUT2D eigenvalue weighted by molar-refractivity contribution is 0.0981. The largest absolute Gasteiger partial charge is 0.377 e. The first-order valence-corrected chi connectivity index (χ1v) is 15.3. The third-order valence-electron chi connectivity index (χ3n) is 7.54. The summed E-state index contributed by atoms with van der Waals surface area (Å²) < 4.78 is 34.5. The van der Waals surface area contributed by atoms with Crippen molar-refractivity contribution < 1.29 is 17.9 Å². The lowest BCUT2D eigenvalue weighted by atomic mass is 10.1. The van der Waals surface area contributed by atoms with E-state index in [1.54, 1.807) is 16.4 Å². The number of carbonyl (C=O) groups is 1. The molecule has 11 heteroatoms. The molecule has 3 fully saturated rings. The number of ether oxygens (including phenoxy) is 1. The van der Waals surface area contributed by atoms with Crippen molar-refractivity contribution in [3.8, 4) is 22.5 Å². The SMILES string of the molecule is C[C@H]1COCCN1c1nc(-c2ccc(NC(=O)NC3CC3)cc2)cc(-c2ccccc2S(=O)(=O)N2CCCC2)n1. The molecule has 3 aliphatic rings. The Bertz CT molecular complexity index is 1490. The molecule has 1 aliphatic carbocycles. The maximum absolute atomic E-state index is 13.6. The Morgan fingerprint density at radius 1 is 0.975 bits per heavy atom. The average Bonchev–Trinajstić information content (AvgIpc) is 3.59. The zero-order valence-corrected chi connectivity index (χ0v) is 23.4. The van der Waals surface area contributed by atoms with Gasteiger partial charge in [-0.1, -0.05) is 30.3 Å². The third-order valence-corrected chi connectivity index (χ3v) is 9.49. The molecule has 2 aromatic carbocycles. The van der Waals surface area contributed by atoms with Gasteiger partial charge in [-0.25, -0.2) is 23.2 Å². The van der Waals surface area contributed by atoms with E-state index in [4.69, 9.17) is 14.7 Å². The molecule has 6 rings (SSSR count). The normalized spacial score (nSPS) is 19.9. The molecule has 210 valence electrons. The minimum absolute atomic E-state index is 0.0667. The quantitative estimate of drug-likeness (QED) is 0.445. The third kappa shape index (κ3) is 5.67. The number of sulfonamides is 1. The number of hydrogen-bond donors (Lipinski definition) is 2. The van der Waals surface area contributed by atoms with Crippen molar-refractivity contribution in [3.63, 3.8) is 0 Å². The number of morpholine rings is 1. The second-order valence-electron chi connectivity index (χ2n) is 10.6. The summed E-state index contributed by atoms with van der Waals surface area (Å²) in [6.07, 6.45) is 3.78. The summed E-state index contributed by atoms with van der Waals surface area (Å²) in [6.45, 7) is 4.88. The van der Waals surface area contributed by atoms with Gasteiger partial charge in [0.25, 0.3) is 0 Å². The molecule has 3 aromatic rings. The van der Waals surface area contributed by atoms with Crippen LogP contribution in [0.5, 0.6) is 0 Å². The van der Waals surface area contributed by atoms with Gasteiger partial charge in [0, 0.05) is 42.5 Å². The maximum atomic E-state index is 13.6. The lowest BCUT2D eigenvalue weighted by Crippen LogP contribution is -2.44. The molecular weight excluding hydrogens is 528 g/mol. The number of aromatic nitrogens is 2. The summed E-state index contributed by atoms with van der Waals surface area (Å²) in [5.74, 6) is 0.530. The molecule has 2 amide bonds. The summed E-state index contributed by atoms with van der Waals surface area (Å²) in [5.41, 5.74) is 3.28. The second-order valence-corrected chi connectivity index (χ2v) is 12.5. The van der Waals surface area contributed by atoms with Gasteiger partial charge in [-0.15, -0.1) is 0 Å². The highest BCUT2D eigenvalue weighted by molar-refractivity contribution is 7.89. The number of urea groups is 1. The summed E-state index contributed by atoms with van der Waals surface area (Å²) in [4.78, 5) is 24.3. The van der Waals surface area contributed by atoms with Crippen molar-refractivity contribution >= 4 is 27.7 Å². The van der Waals surface area contributed by atoms with Crippen molar-refractivity contribution in [1.29, 1.82) is 0 Å². The van der Waals surface area contributed by atoms with Crippen LogP contribution in [0.2, 0.25) is 0 Å². The first-order chi connectivity index (χ1) is 19.4. The van der Waals surface area contributed by atoms with Gasteiger partial charge in [-0.3, -0.25) is 0 Å². The number of nitrogens with one attached hydrogen (secondary N) is 2. The van der Waals surface area contributed by atoms with Crippen LogP contribution in [0.25, 0.3) is 22.5 Å². The van der Waals surface area contributed by atoms with Crippen LogP contribution >= 0.6 is 0 Å². The molecule has 0 radical (unpaired) electrons. The predicted molar refractivity (Wildman–Crippen MR) is 154 cm³/mol. The summed E-state index contributed by atoms with van der Waals surface area (Å²) in [5, 5.41) is 5.79. The average molecular weight is 563 g/mol. The van der Waals surface area contributed by atoms with Crippen LogP contribution in [0.3, 0.4) is 0 Å². The molecule has 1 aromatic heterocycles. The number of benzene rings is 2. The van der Waals surface area contributed by atoms with E-state index >= 15 is 0 Å². The zero-order chi connectivity index (χ0) is 27.7. The van der Waals surface area contributed by atoms with E-state index in [1.165, 1.54) is 0 Å². The molecule has 2 N–H and O–H groups in total. The van der Waals surface area contributed by atoms with Gasteiger partial charge < -0.3 is 20.3 Å². The second kappa shape index (κ2) is 11.1. The highest BCUT2D eigenvalue weighted by Gasteiger charge is 2.31. The minimum atomic E-state index is -3.67. The van der Waals surface area contributed by atoms with Gasteiger partial charge in [0.05, 0.1) is 35.5 Å². The maximum Gasteiger partial charge on any atom is 0.319 e. The van der Waals surface area contributed by atoms with Crippen LogP contribution in [-0.2, 0) is 14.8 Å². The molecule has 1 atom stereocenters. The number of carbonyl (C=O) groups excluding carboxylic acids is 1. The highest BCUT2D eigenvalue weighted by Crippen LogP contribution is 2.34. The summed E-state index contributed by atoms with van der Waals surface area (Å²) in [7, 11) is -3.67. The standard InChI is InChI=1S/C29H34N6O4S/c1-20-19-39-17-16-35(20)28-32-25(21-8-10-22(11-9-21)30-29(36)31-23-12-13-23)18-26(33-28)24-6-2-3-7-27(24)40(37,38)34-14-4-5-15-34/h2-3,6-11,18,20,23H,4-5,12-17,19H2,1H3,(H2,30,31,36)/t20-/m0/s1. The predicted octanol–water partition coefficient (Wildman–Crippen LogP) is 4.10. The van der Waals surface area contributed by atoms with Crippen molar-refractivity contribution in [2.45, 2.75) is 49.6 Å². The fraction of sp³-hybridized carbons (Fsp3) is 0.414. The van der Waals surface area contributed by atoms with Crippen LogP contribution in [0.4, 0.5) is 16.4 Å². The molecule has 2 saturated heterocycles. The Morgan fingerprint density at radius 3 is 2.42 bits per heavy atom. The van der Waals surface area contributed by atoms with Crippen molar-refractivity contribution in [2.24, 2.45) is 0 Å². The molecule has 1 saturated carbocycles. The van der Waals surface area contributed by atoms with E-state index in [1.807, 2.05) is 42.5 Å². The van der Waals surface area contributed by atoms with E-state index in [9.17, 15) is 13.2 Å². The molecule has 0 bridgehead atoms. The van der Waals surface area contributed by atoms with Crippen molar-refractivity contribution in [1.82, 2.24) is 19.6 Å².